The lowest BCUT2D eigenvalue weighted by atomic mass is 9.98. The molecule has 0 bridgehead atoms. The van der Waals surface area contributed by atoms with Crippen molar-refractivity contribution in [2.75, 3.05) is 25.1 Å². The minimum atomic E-state index is -0.942. The molecule has 1 amide bonds. The Morgan fingerprint density at radius 3 is 2.73 bits per heavy atom. The number of carbonyl (C=O) groups excluding carboxylic acids is 1. The first-order valence-corrected chi connectivity index (χ1v) is 11.5. The van der Waals surface area contributed by atoms with Crippen LogP contribution in [0.5, 0.6) is 0 Å². The van der Waals surface area contributed by atoms with E-state index in [0.717, 1.165) is 63.0 Å². The normalized spacial score (nSPS) is 17.6. The fourth-order valence-electron chi connectivity index (χ4n) is 4.20. The molecular formula is C23H35N3O4. The molecule has 0 unspecified atom stereocenters. The van der Waals surface area contributed by atoms with Crippen molar-refractivity contribution < 1.29 is 19.4 Å². The summed E-state index contributed by atoms with van der Waals surface area (Å²) in [5, 5.41) is 15.5. The van der Waals surface area contributed by atoms with Gasteiger partial charge in [-0.3, -0.25) is 4.79 Å². The van der Waals surface area contributed by atoms with E-state index >= 15 is 0 Å². The number of nitrogens with one attached hydrogen (secondary N) is 2. The molecule has 1 fully saturated rings. The fourth-order valence-corrected chi connectivity index (χ4v) is 4.20. The molecule has 1 aromatic rings. The van der Waals surface area contributed by atoms with Crippen molar-refractivity contribution in [3.63, 3.8) is 0 Å². The SMILES string of the molecule is O=C(N[C@@H](CCCCCCCc1ccc2c(n1)NCCC2)C(=O)O)C1CCOCC1. The Bertz CT molecular complexity index is 704. The third kappa shape index (κ3) is 6.97. The standard InChI is InChI=1S/C23H35N3O4/c27-22(18-12-15-30-16-13-18)26-20(23(28)29)9-5-3-1-2-4-8-19-11-10-17-7-6-14-24-21(17)25-19/h10-11,18,20H,1-9,12-16H2,(H,24,25)(H,26,27)(H,28,29)/t20-/m0/s1. The molecule has 3 heterocycles. The van der Waals surface area contributed by atoms with Crippen LogP contribution in [0.1, 0.15) is 69.0 Å². The summed E-state index contributed by atoms with van der Waals surface area (Å²) < 4.78 is 5.26. The van der Waals surface area contributed by atoms with Crippen LogP contribution in [-0.4, -0.2) is 47.8 Å². The quantitative estimate of drug-likeness (QED) is 0.478. The maximum absolute atomic E-state index is 12.3. The lowest BCUT2D eigenvalue weighted by Gasteiger charge is -2.23. The number of amides is 1. The molecule has 0 aliphatic carbocycles. The van der Waals surface area contributed by atoms with E-state index in [1.165, 1.54) is 12.0 Å². The maximum atomic E-state index is 12.3. The van der Waals surface area contributed by atoms with Gasteiger partial charge in [-0.1, -0.05) is 31.7 Å². The average Bonchev–Trinajstić information content (AvgIpc) is 2.77. The highest BCUT2D eigenvalue weighted by Crippen LogP contribution is 2.21. The molecule has 1 saturated heterocycles. The summed E-state index contributed by atoms with van der Waals surface area (Å²) in [6.45, 7) is 2.16. The van der Waals surface area contributed by atoms with Crippen LogP contribution in [0.3, 0.4) is 0 Å². The number of fused-ring (bicyclic) bond motifs is 1. The van der Waals surface area contributed by atoms with E-state index in [-0.39, 0.29) is 11.8 Å². The summed E-state index contributed by atoms with van der Waals surface area (Å²) in [5.41, 5.74) is 2.46. The molecule has 3 rings (SSSR count). The number of aliphatic carboxylic acids is 1. The van der Waals surface area contributed by atoms with Gasteiger partial charge in [-0.15, -0.1) is 0 Å². The van der Waals surface area contributed by atoms with Gasteiger partial charge in [0, 0.05) is 31.4 Å². The number of hydrogen-bond donors (Lipinski definition) is 3. The number of nitrogens with zero attached hydrogens (tertiary/aromatic N) is 1. The van der Waals surface area contributed by atoms with E-state index < -0.39 is 12.0 Å². The maximum Gasteiger partial charge on any atom is 0.326 e. The molecule has 2 aliphatic heterocycles. The number of ether oxygens (including phenoxy) is 1. The van der Waals surface area contributed by atoms with Crippen LogP contribution in [0.2, 0.25) is 0 Å². The average molecular weight is 418 g/mol. The lowest BCUT2D eigenvalue weighted by Crippen LogP contribution is -2.44. The number of carboxylic acid groups (broad SMARTS) is 1. The van der Waals surface area contributed by atoms with E-state index in [2.05, 4.69) is 22.8 Å². The molecule has 0 aromatic carbocycles. The lowest BCUT2D eigenvalue weighted by molar-refractivity contribution is -0.143. The highest BCUT2D eigenvalue weighted by atomic mass is 16.5. The number of aromatic nitrogens is 1. The first-order chi connectivity index (χ1) is 14.6. The number of carboxylic acids is 1. The summed E-state index contributed by atoms with van der Waals surface area (Å²) in [4.78, 5) is 28.5. The Kier molecular flexibility index (Phi) is 8.93. The zero-order valence-electron chi connectivity index (χ0n) is 17.8. The Labute approximate surface area is 179 Å². The number of anilines is 1. The highest BCUT2D eigenvalue weighted by molar-refractivity contribution is 5.85. The highest BCUT2D eigenvalue weighted by Gasteiger charge is 2.26. The fraction of sp³-hybridized carbons (Fsp3) is 0.696. The van der Waals surface area contributed by atoms with Gasteiger partial charge in [-0.05, 0) is 56.6 Å². The minimum absolute atomic E-state index is 0.118. The molecular weight excluding hydrogens is 382 g/mol. The number of pyridine rings is 1. The second kappa shape index (κ2) is 11.9. The topological polar surface area (TPSA) is 101 Å². The van der Waals surface area contributed by atoms with Crippen molar-refractivity contribution in [1.29, 1.82) is 0 Å². The van der Waals surface area contributed by atoms with E-state index in [0.29, 0.717) is 32.5 Å². The summed E-state index contributed by atoms with van der Waals surface area (Å²) in [7, 11) is 0. The third-order valence-corrected chi connectivity index (χ3v) is 6.08. The number of unbranched alkanes of at least 4 members (excludes halogenated alkanes) is 4. The van der Waals surface area contributed by atoms with Crippen LogP contribution in [0.4, 0.5) is 5.82 Å². The van der Waals surface area contributed by atoms with E-state index in [9.17, 15) is 14.7 Å². The zero-order chi connectivity index (χ0) is 21.2. The van der Waals surface area contributed by atoms with Gasteiger partial charge in [0.25, 0.3) is 0 Å². The van der Waals surface area contributed by atoms with Crippen molar-refractivity contribution in [2.24, 2.45) is 5.92 Å². The number of aryl methyl sites for hydroxylation is 2. The predicted molar refractivity (Wildman–Crippen MR) is 116 cm³/mol. The second-order valence-corrected chi connectivity index (χ2v) is 8.43. The minimum Gasteiger partial charge on any atom is -0.480 e. The Morgan fingerprint density at radius 2 is 1.93 bits per heavy atom. The smallest absolute Gasteiger partial charge is 0.326 e. The van der Waals surface area contributed by atoms with Crippen LogP contribution in [-0.2, 0) is 27.2 Å². The molecule has 2 aliphatic rings. The van der Waals surface area contributed by atoms with E-state index in [4.69, 9.17) is 9.72 Å². The Balaban J connectivity index is 1.28. The molecule has 166 valence electrons. The summed E-state index contributed by atoms with van der Waals surface area (Å²) in [6, 6.07) is 3.56. The number of carbonyl (C=O) groups is 2. The first-order valence-electron chi connectivity index (χ1n) is 11.5. The Hall–Kier alpha value is -2.15. The summed E-state index contributed by atoms with van der Waals surface area (Å²) >= 11 is 0. The molecule has 3 N–H and O–H groups in total. The number of rotatable bonds is 11. The predicted octanol–water partition coefficient (Wildman–Crippen LogP) is 3.32. The molecule has 30 heavy (non-hydrogen) atoms. The molecule has 1 atom stereocenters. The molecule has 0 saturated carbocycles. The summed E-state index contributed by atoms with van der Waals surface area (Å²) in [6.07, 6.45) is 10.2. The third-order valence-electron chi connectivity index (χ3n) is 6.08. The zero-order valence-corrected chi connectivity index (χ0v) is 17.8. The van der Waals surface area contributed by atoms with Crippen molar-refractivity contribution in [1.82, 2.24) is 10.3 Å². The van der Waals surface area contributed by atoms with Gasteiger partial charge in [-0.2, -0.15) is 0 Å². The largest absolute Gasteiger partial charge is 0.480 e. The van der Waals surface area contributed by atoms with Crippen LogP contribution in [0.25, 0.3) is 0 Å². The molecule has 0 spiro atoms. The van der Waals surface area contributed by atoms with Gasteiger partial charge in [0.15, 0.2) is 0 Å². The van der Waals surface area contributed by atoms with E-state index in [1.54, 1.807) is 0 Å². The van der Waals surface area contributed by atoms with Gasteiger partial charge in [0.1, 0.15) is 11.9 Å². The van der Waals surface area contributed by atoms with Crippen molar-refractivity contribution in [2.45, 2.75) is 76.7 Å². The van der Waals surface area contributed by atoms with Crippen molar-refractivity contribution in [3.8, 4) is 0 Å². The molecule has 7 nitrogen and oxygen atoms in total. The van der Waals surface area contributed by atoms with Crippen LogP contribution >= 0.6 is 0 Å². The molecule has 7 heteroatoms. The van der Waals surface area contributed by atoms with Gasteiger partial charge < -0.3 is 20.5 Å². The molecule has 1 aromatic heterocycles. The van der Waals surface area contributed by atoms with Crippen LogP contribution in [0, 0.1) is 5.92 Å². The first kappa shape index (κ1) is 22.5. The number of hydrogen-bond acceptors (Lipinski definition) is 5. The van der Waals surface area contributed by atoms with Crippen LogP contribution < -0.4 is 10.6 Å². The second-order valence-electron chi connectivity index (χ2n) is 8.43. The Morgan fingerprint density at radius 1 is 1.17 bits per heavy atom. The van der Waals surface area contributed by atoms with E-state index in [1.807, 2.05) is 0 Å². The van der Waals surface area contributed by atoms with Crippen LogP contribution in [0.15, 0.2) is 12.1 Å². The van der Waals surface area contributed by atoms with Crippen molar-refractivity contribution in [3.05, 3.63) is 23.4 Å². The van der Waals surface area contributed by atoms with Crippen molar-refractivity contribution >= 4 is 17.7 Å². The monoisotopic (exact) mass is 417 g/mol. The van der Waals surface area contributed by atoms with Gasteiger partial charge in [0.2, 0.25) is 5.91 Å². The van der Waals surface area contributed by atoms with Gasteiger partial charge in [0.05, 0.1) is 0 Å². The van der Waals surface area contributed by atoms with Gasteiger partial charge >= 0.3 is 5.97 Å². The molecule has 0 radical (unpaired) electrons. The van der Waals surface area contributed by atoms with Gasteiger partial charge in [-0.25, -0.2) is 9.78 Å². The summed E-state index contributed by atoms with van der Waals surface area (Å²) in [5.74, 6) is -0.144.